The number of primary amides is 1. The fraction of sp³-hybridized carbons (Fsp3) is 0.818. The Labute approximate surface area is 107 Å². The molecule has 0 fully saturated rings. The average molecular weight is 258 g/mol. The van der Waals surface area contributed by atoms with Crippen LogP contribution in [0.3, 0.4) is 0 Å². The van der Waals surface area contributed by atoms with E-state index in [9.17, 15) is 9.59 Å². The Kier molecular flexibility index (Phi) is 5.74. The molecule has 7 heteroatoms. The summed E-state index contributed by atoms with van der Waals surface area (Å²) in [7, 11) is 0. The fourth-order valence-electron chi connectivity index (χ4n) is 0.830. The minimum absolute atomic E-state index is 0.00262. The number of nitrogens with one attached hydrogen (secondary N) is 1. The van der Waals surface area contributed by atoms with Crippen LogP contribution < -0.4 is 11.1 Å². The van der Waals surface area contributed by atoms with Crippen LogP contribution in [0.2, 0.25) is 0 Å². The van der Waals surface area contributed by atoms with Crippen LogP contribution in [0.15, 0.2) is 10.2 Å². The van der Waals surface area contributed by atoms with Gasteiger partial charge in [-0.05, 0) is 34.6 Å². The molecule has 0 aromatic heterocycles. The Hall–Kier alpha value is -1.66. The molecule has 0 saturated heterocycles. The summed E-state index contributed by atoms with van der Waals surface area (Å²) in [5.41, 5.74) is 3.74. The SMILES string of the molecule is CC(C)(C)N=NC(C)(C)NC(=O)OCCC(N)=O. The van der Waals surface area contributed by atoms with E-state index in [1.54, 1.807) is 13.8 Å². The van der Waals surface area contributed by atoms with Crippen LogP contribution in [-0.4, -0.2) is 29.8 Å². The minimum atomic E-state index is -0.864. The summed E-state index contributed by atoms with van der Waals surface area (Å²) in [6.45, 7) is 9.04. The van der Waals surface area contributed by atoms with Crippen molar-refractivity contribution in [3.8, 4) is 0 Å². The highest BCUT2D eigenvalue weighted by Gasteiger charge is 2.21. The van der Waals surface area contributed by atoms with Gasteiger partial charge in [0, 0.05) is 0 Å². The highest BCUT2D eigenvalue weighted by Crippen LogP contribution is 2.12. The van der Waals surface area contributed by atoms with Gasteiger partial charge in [0.1, 0.15) is 12.3 Å². The van der Waals surface area contributed by atoms with E-state index < -0.39 is 17.7 Å². The van der Waals surface area contributed by atoms with Crippen LogP contribution in [0, 0.1) is 0 Å². The van der Waals surface area contributed by atoms with Gasteiger partial charge in [-0.2, -0.15) is 10.2 Å². The summed E-state index contributed by atoms with van der Waals surface area (Å²) >= 11 is 0. The molecule has 0 atom stereocenters. The van der Waals surface area contributed by atoms with Gasteiger partial charge in [-0.25, -0.2) is 4.79 Å². The first kappa shape index (κ1) is 16.3. The number of rotatable bonds is 5. The second-order valence-electron chi connectivity index (χ2n) is 5.41. The maximum Gasteiger partial charge on any atom is 0.409 e. The van der Waals surface area contributed by atoms with Gasteiger partial charge in [-0.1, -0.05) is 0 Å². The lowest BCUT2D eigenvalue weighted by Gasteiger charge is -2.21. The van der Waals surface area contributed by atoms with Crippen LogP contribution in [0.5, 0.6) is 0 Å². The number of hydrogen-bond donors (Lipinski definition) is 2. The van der Waals surface area contributed by atoms with Gasteiger partial charge in [-0.15, -0.1) is 0 Å². The first-order valence-electron chi connectivity index (χ1n) is 5.69. The van der Waals surface area contributed by atoms with E-state index in [1.807, 2.05) is 20.8 Å². The van der Waals surface area contributed by atoms with E-state index in [-0.39, 0.29) is 18.6 Å². The zero-order valence-electron chi connectivity index (χ0n) is 11.6. The molecule has 0 aliphatic carbocycles. The van der Waals surface area contributed by atoms with Crippen molar-refractivity contribution in [1.82, 2.24) is 5.32 Å². The summed E-state index contributed by atoms with van der Waals surface area (Å²) in [5, 5.41) is 10.6. The van der Waals surface area contributed by atoms with Crippen LogP contribution in [0.25, 0.3) is 0 Å². The van der Waals surface area contributed by atoms with E-state index >= 15 is 0 Å². The second kappa shape index (κ2) is 6.32. The molecule has 0 aromatic rings. The first-order chi connectivity index (χ1) is 8.02. The number of alkyl carbamates (subject to hydrolysis) is 1. The Balaban J connectivity index is 4.19. The molecule has 104 valence electrons. The molecule has 0 saturated carbocycles. The molecule has 0 bridgehead atoms. The predicted molar refractivity (Wildman–Crippen MR) is 67.0 cm³/mol. The molecule has 3 N–H and O–H groups in total. The Morgan fingerprint density at radius 1 is 1.17 bits per heavy atom. The van der Waals surface area contributed by atoms with Gasteiger partial charge < -0.3 is 10.5 Å². The van der Waals surface area contributed by atoms with Crippen molar-refractivity contribution in [2.45, 2.75) is 52.2 Å². The van der Waals surface area contributed by atoms with Crippen LogP contribution in [-0.2, 0) is 9.53 Å². The molecule has 0 heterocycles. The van der Waals surface area contributed by atoms with Crippen LogP contribution >= 0.6 is 0 Å². The third-order valence-electron chi connectivity index (χ3n) is 1.59. The third kappa shape index (κ3) is 9.56. The summed E-state index contributed by atoms with van der Waals surface area (Å²) in [6, 6.07) is 0. The monoisotopic (exact) mass is 258 g/mol. The van der Waals surface area contributed by atoms with E-state index in [4.69, 9.17) is 10.5 Å². The summed E-state index contributed by atoms with van der Waals surface area (Å²) in [6.07, 6.45) is -0.661. The lowest BCUT2D eigenvalue weighted by atomic mass is 10.1. The van der Waals surface area contributed by atoms with Crippen molar-refractivity contribution in [2.75, 3.05) is 6.61 Å². The molecule has 7 nitrogen and oxygen atoms in total. The molecule has 0 radical (unpaired) electrons. The number of amides is 2. The Bertz CT molecular complexity index is 332. The maximum atomic E-state index is 11.4. The zero-order valence-corrected chi connectivity index (χ0v) is 11.6. The van der Waals surface area contributed by atoms with Crippen molar-refractivity contribution in [1.29, 1.82) is 0 Å². The molecule has 0 aromatic carbocycles. The molecule has 0 aliphatic heterocycles. The van der Waals surface area contributed by atoms with Crippen molar-refractivity contribution in [2.24, 2.45) is 16.0 Å². The lowest BCUT2D eigenvalue weighted by Crippen LogP contribution is -2.42. The van der Waals surface area contributed by atoms with Gasteiger partial charge in [0.15, 0.2) is 0 Å². The molecule has 0 aliphatic rings. The molecule has 0 unspecified atom stereocenters. The first-order valence-corrected chi connectivity index (χ1v) is 5.69. The second-order valence-corrected chi connectivity index (χ2v) is 5.41. The molecule has 0 rings (SSSR count). The van der Waals surface area contributed by atoms with Crippen molar-refractivity contribution >= 4 is 12.0 Å². The van der Waals surface area contributed by atoms with Crippen molar-refractivity contribution < 1.29 is 14.3 Å². The standard InChI is InChI=1S/C11H22N4O3/c1-10(2,3)14-15-11(4,5)13-9(17)18-7-6-8(12)16/h6-7H2,1-5H3,(H2,12,16)(H,13,17). The highest BCUT2D eigenvalue weighted by atomic mass is 16.5. The number of carbonyl (C=O) groups excluding carboxylic acids is 2. The normalized spacial score (nSPS) is 12.5. The van der Waals surface area contributed by atoms with E-state index in [0.29, 0.717) is 0 Å². The number of hydrogen-bond acceptors (Lipinski definition) is 5. The summed E-state index contributed by atoms with van der Waals surface area (Å²) in [4.78, 5) is 21.8. The molecule has 18 heavy (non-hydrogen) atoms. The third-order valence-corrected chi connectivity index (χ3v) is 1.59. The molecule has 0 spiro atoms. The van der Waals surface area contributed by atoms with Crippen LogP contribution in [0.1, 0.15) is 41.0 Å². The number of ether oxygens (including phenoxy) is 1. The van der Waals surface area contributed by atoms with Gasteiger partial charge >= 0.3 is 6.09 Å². The predicted octanol–water partition coefficient (Wildman–Crippen LogP) is 1.57. The smallest absolute Gasteiger partial charge is 0.409 e. The van der Waals surface area contributed by atoms with Gasteiger partial charge in [0.05, 0.1) is 12.0 Å². The van der Waals surface area contributed by atoms with E-state index in [2.05, 4.69) is 15.5 Å². The van der Waals surface area contributed by atoms with Crippen LogP contribution in [0.4, 0.5) is 4.79 Å². The topological polar surface area (TPSA) is 106 Å². The number of nitrogens with zero attached hydrogens (tertiary/aromatic N) is 2. The summed E-state index contributed by atoms with van der Waals surface area (Å²) < 4.78 is 4.77. The van der Waals surface area contributed by atoms with Gasteiger partial charge in [0.25, 0.3) is 0 Å². The molecular formula is C11H22N4O3. The number of azo groups is 1. The lowest BCUT2D eigenvalue weighted by molar-refractivity contribution is -0.118. The quantitative estimate of drug-likeness (QED) is 0.731. The largest absolute Gasteiger partial charge is 0.449 e. The van der Waals surface area contributed by atoms with E-state index in [1.165, 1.54) is 0 Å². The van der Waals surface area contributed by atoms with Gasteiger partial charge in [-0.3, -0.25) is 10.1 Å². The molecule has 2 amide bonds. The Morgan fingerprint density at radius 2 is 1.72 bits per heavy atom. The average Bonchev–Trinajstić information content (AvgIpc) is 2.12. The maximum absolute atomic E-state index is 11.4. The van der Waals surface area contributed by atoms with E-state index in [0.717, 1.165) is 0 Å². The van der Waals surface area contributed by atoms with Gasteiger partial charge in [0.2, 0.25) is 5.91 Å². The van der Waals surface area contributed by atoms with Crippen molar-refractivity contribution in [3.63, 3.8) is 0 Å². The summed E-state index contributed by atoms with van der Waals surface area (Å²) in [5.74, 6) is -0.519. The number of carbonyl (C=O) groups is 2. The zero-order chi connectivity index (χ0) is 14.4. The number of nitrogens with two attached hydrogens (primary N) is 1. The Morgan fingerprint density at radius 3 is 2.17 bits per heavy atom. The highest BCUT2D eigenvalue weighted by molar-refractivity contribution is 5.74. The molecular weight excluding hydrogens is 236 g/mol. The minimum Gasteiger partial charge on any atom is -0.449 e. The fourth-order valence-corrected chi connectivity index (χ4v) is 0.830. The van der Waals surface area contributed by atoms with Crippen molar-refractivity contribution in [3.05, 3.63) is 0 Å².